The van der Waals surface area contributed by atoms with Crippen LogP contribution in [-0.2, 0) is 4.79 Å². The molecule has 0 heterocycles. The summed E-state index contributed by atoms with van der Waals surface area (Å²) in [5.41, 5.74) is 0. The predicted molar refractivity (Wildman–Crippen MR) is 89.2 cm³/mol. The first kappa shape index (κ1) is 16.8. The van der Waals surface area contributed by atoms with Gasteiger partial charge >= 0.3 is 5.97 Å². The van der Waals surface area contributed by atoms with Crippen LogP contribution in [0.15, 0.2) is 0 Å². The number of hydrogen-bond acceptors (Lipinski definition) is 1. The topological polar surface area (TPSA) is 37.3 Å². The highest BCUT2D eigenvalue weighted by molar-refractivity contribution is 5.67. The van der Waals surface area contributed by atoms with Gasteiger partial charge in [0.25, 0.3) is 0 Å². The lowest BCUT2D eigenvalue weighted by Gasteiger charge is -2.25. The van der Waals surface area contributed by atoms with Crippen LogP contribution in [-0.4, -0.2) is 11.1 Å². The fourth-order valence-corrected chi connectivity index (χ4v) is 4.94. The number of rotatable bonds is 6. The van der Waals surface area contributed by atoms with E-state index in [-0.39, 0.29) is 1.43 Å². The Kier molecular flexibility index (Phi) is 5.73. The van der Waals surface area contributed by atoms with Crippen molar-refractivity contribution in [2.75, 3.05) is 0 Å². The van der Waals surface area contributed by atoms with Gasteiger partial charge in [0.15, 0.2) is 0 Å². The Labute approximate surface area is 132 Å². The zero-order chi connectivity index (χ0) is 15.6. The van der Waals surface area contributed by atoms with Gasteiger partial charge in [-0.25, -0.2) is 0 Å². The second-order valence-corrected chi connectivity index (χ2v) is 8.34. The average molecular weight is 296 g/mol. The van der Waals surface area contributed by atoms with Crippen LogP contribution in [0.2, 0.25) is 0 Å². The summed E-state index contributed by atoms with van der Waals surface area (Å²) in [4.78, 5) is 10.9. The molecule has 0 aliphatic heterocycles. The molecule has 0 bridgehead atoms. The van der Waals surface area contributed by atoms with Gasteiger partial charge in [-0.15, -0.1) is 0 Å². The van der Waals surface area contributed by atoms with Gasteiger partial charge in [-0.3, -0.25) is 4.79 Å². The summed E-state index contributed by atoms with van der Waals surface area (Å²) >= 11 is 0. The van der Waals surface area contributed by atoms with Crippen molar-refractivity contribution in [2.24, 2.45) is 41.4 Å². The van der Waals surface area contributed by atoms with E-state index in [1.807, 2.05) is 0 Å². The van der Waals surface area contributed by atoms with Crippen molar-refractivity contribution in [1.82, 2.24) is 0 Å². The van der Waals surface area contributed by atoms with Crippen LogP contribution in [0.25, 0.3) is 0 Å². The number of carboxylic acid groups (broad SMARTS) is 1. The SMILES string of the molecule is CC(C)C(C)C1CCC(C2CCC(C(C)CC(=O)O)C2)C1.[HH]. The molecule has 1 N–H and O–H groups in total. The first-order chi connectivity index (χ1) is 9.88. The van der Waals surface area contributed by atoms with Crippen LogP contribution in [0.5, 0.6) is 0 Å². The molecule has 2 heteroatoms. The summed E-state index contributed by atoms with van der Waals surface area (Å²) < 4.78 is 0. The molecule has 124 valence electrons. The lowest BCUT2D eigenvalue weighted by atomic mass is 9.81. The van der Waals surface area contributed by atoms with Crippen LogP contribution in [0.3, 0.4) is 0 Å². The first-order valence-corrected chi connectivity index (χ1v) is 9.10. The third-order valence-corrected chi connectivity index (χ3v) is 6.79. The van der Waals surface area contributed by atoms with Crippen molar-refractivity contribution in [3.63, 3.8) is 0 Å². The molecular weight excluding hydrogens is 260 g/mol. The maximum atomic E-state index is 10.9. The van der Waals surface area contributed by atoms with Gasteiger partial charge in [0.1, 0.15) is 0 Å². The molecule has 2 fully saturated rings. The molecule has 0 aromatic rings. The molecule has 2 rings (SSSR count). The second-order valence-electron chi connectivity index (χ2n) is 8.34. The molecule has 2 nitrogen and oxygen atoms in total. The summed E-state index contributed by atoms with van der Waals surface area (Å²) in [5, 5.41) is 8.97. The fourth-order valence-electron chi connectivity index (χ4n) is 4.94. The quantitative estimate of drug-likeness (QED) is 0.706. The lowest BCUT2D eigenvalue weighted by molar-refractivity contribution is -0.138. The Morgan fingerprint density at radius 2 is 1.52 bits per heavy atom. The number of carbonyl (C=O) groups is 1. The normalized spacial score (nSPS) is 36.0. The van der Waals surface area contributed by atoms with Gasteiger partial charge in [0, 0.05) is 7.85 Å². The average Bonchev–Trinajstić information content (AvgIpc) is 3.05. The van der Waals surface area contributed by atoms with Gasteiger partial charge in [-0.1, -0.05) is 27.7 Å². The summed E-state index contributed by atoms with van der Waals surface area (Å²) in [5.74, 6) is 4.81. The molecule has 0 amide bonds. The van der Waals surface area contributed by atoms with E-state index in [9.17, 15) is 4.79 Å². The molecule has 0 spiro atoms. The molecule has 6 atom stereocenters. The van der Waals surface area contributed by atoms with Crippen molar-refractivity contribution in [1.29, 1.82) is 0 Å². The minimum Gasteiger partial charge on any atom is -0.481 e. The smallest absolute Gasteiger partial charge is 0.303 e. The molecule has 0 radical (unpaired) electrons. The Morgan fingerprint density at radius 3 is 2.05 bits per heavy atom. The first-order valence-electron chi connectivity index (χ1n) is 9.10. The summed E-state index contributed by atoms with van der Waals surface area (Å²) in [6.45, 7) is 9.29. The van der Waals surface area contributed by atoms with Crippen molar-refractivity contribution in [3.8, 4) is 0 Å². The monoisotopic (exact) mass is 296 g/mol. The Hall–Kier alpha value is -0.530. The van der Waals surface area contributed by atoms with Gasteiger partial charge < -0.3 is 5.11 Å². The van der Waals surface area contributed by atoms with E-state index >= 15 is 0 Å². The molecule has 0 aromatic carbocycles. The highest BCUT2D eigenvalue weighted by atomic mass is 16.4. The van der Waals surface area contributed by atoms with E-state index in [0.29, 0.717) is 18.3 Å². The summed E-state index contributed by atoms with van der Waals surface area (Å²) in [6.07, 6.45) is 8.55. The number of aliphatic carboxylic acids is 1. The van der Waals surface area contributed by atoms with Crippen molar-refractivity contribution in [3.05, 3.63) is 0 Å². The minimum absolute atomic E-state index is 0. The van der Waals surface area contributed by atoms with E-state index in [0.717, 1.165) is 29.6 Å². The summed E-state index contributed by atoms with van der Waals surface area (Å²) in [7, 11) is 0. The molecule has 0 saturated heterocycles. The fraction of sp³-hybridized carbons (Fsp3) is 0.947. The maximum absolute atomic E-state index is 10.9. The van der Waals surface area contributed by atoms with Crippen LogP contribution in [0.4, 0.5) is 0 Å². The van der Waals surface area contributed by atoms with Crippen molar-refractivity contribution < 1.29 is 11.3 Å². The van der Waals surface area contributed by atoms with Crippen LogP contribution in [0, 0.1) is 41.4 Å². The van der Waals surface area contributed by atoms with Gasteiger partial charge in [-0.05, 0) is 80.0 Å². The molecule has 0 aromatic heterocycles. The Morgan fingerprint density at radius 1 is 1.00 bits per heavy atom. The molecule has 6 unspecified atom stereocenters. The molecular formula is C19H36O2. The number of hydrogen-bond donors (Lipinski definition) is 1. The molecule has 2 aliphatic carbocycles. The van der Waals surface area contributed by atoms with E-state index < -0.39 is 5.97 Å². The van der Waals surface area contributed by atoms with Gasteiger partial charge in [0.2, 0.25) is 0 Å². The van der Waals surface area contributed by atoms with E-state index in [1.54, 1.807) is 0 Å². The maximum Gasteiger partial charge on any atom is 0.303 e. The third kappa shape index (κ3) is 4.23. The zero-order valence-electron chi connectivity index (χ0n) is 14.3. The summed E-state index contributed by atoms with van der Waals surface area (Å²) in [6, 6.07) is 0. The largest absolute Gasteiger partial charge is 0.481 e. The lowest BCUT2D eigenvalue weighted by Crippen LogP contribution is -2.17. The van der Waals surface area contributed by atoms with E-state index in [4.69, 9.17) is 5.11 Å². The Balaban J connectivity index is 0.00000242. The standard InChI is InChI=1S/C19H34O2.H2/c1-12(2)14(4)16-6-8-18(11-16)17-7-5-15(10-17)13(3)9-19(20)21;/h12-18H,5-11H2,1-4H3,(H,20,21);1H. The van der Waals surface area contributed by atoms with Crippen molar-refractivity contribution in [2.45, 2.75) is 72.6 Å². The molecule has 2 aliphatic rings. The highest BCUT2D eigenvalue weighted by Gasteiger charge is 2.38. The van der Waals surface area contributed by atoms with Crippen molar-refractivity contribution >= 4 is 5.97 Å². The molecule has 2 saturated carbocycles. The van der Waals surface area contributed by atoms with E-state index in [2.05, 4.69) is 27.7 Å². The van der Waals surface area contributed by atoms with Gasteiger partial charge in [0.05, 0.1) is 0 Å². The predicted octanol–water partition coefficient (Wildman–Crippen LogP) is 5.47. The van der Waals surface area contributed by atoms with E-state index in [1.165, 1.54) is 38.5 Å². The van der Waals surface area contributed by atoms with Gasteiger partial charge in [-0.2, -0.15) is 0 Å². The zero-order valence-corrected chi connectivity index (χ0v) is 14.3. The molecule has 21 heavy (non-hydrogen) atoms. The highest BCUT2D eigenvalue weighted by Crippen LogP contribution is 2.48. The second kappa shape index (κ2) is 7.15. The Bertz CT molecular complexity index is 355. The van der Waals surface area contributed by atoms with Crippen LogP contribution >= 0.6 is 0 Å². The third-order valence-electron chi connectivity index (χ3n) is 6.79. The number of carboxylic acids is 1. The minimum atomic E-state index is -0.627. The van der Waals surface area contributed by atoms with Crippen LogP contribution < -0.4 is 0 Å². The van der Waals surface area contributed by atoms with Crippen LogP contribution in [0.1, 0.15) is 74.1 Å².